The average Bonchev–Trinajstić information content (AvgIpc) is 2.16. The lowest BCUT2D eigenvalue weighted by molar-refractivity contribution is 0.454. The van der Waals surface area contributed by atoms with Crippen molar-refractivity contribution in [2.45, 2.75) is 40.2 Å². The predicted octanol–water partition coefficient (Wildman–Crippen LogP) is 3.77. The van der Waals surface area contributed by atoms with Crippen LogP contribution in [0.15, 0.2) is 18.2 Å². The third-order valence-electron chi connectivity index (χ3n) is 3.13. The van der Waals surface area contributed by atoms with E-state index < -0.39 is 0 Å². The van der Waals surface area contributed by atoms with Gasteiger partial charge in [0.2, 0.25) is 0 Å². The van der Waals surface area contributed by atoms with Gasteiger partial charge in [0.25, 0.3) is 0 Å². The second-order valence-electron chi connectivity index (χ2n) is 4.22. The van der Waals surface area contributed by atoms with E-state index >= 15 is 0 Å². The predicted molar refractivity (Wildman–Crippen MR) is 69.5 cm³/mol. The maximum atomic E-state index is 6.25. The van der Waals surface area contributed by atoms with Crippen LogP contribution in [0.4, 0.5) is 0 Å². The van der Waals surface area contributed by atoms with E-state index in [1.54, 1.807) is 0 Å². The summed E-state index contributed by atoms with van der Waals surface area (Å²) in [6.07, 6.45) is 1.13. The molecule has 0 aliphatic carbocycles. The van der Waals surface area contributed by atoms with E-state index in [9.17, 15) is 0 Å². The van der Waals surface area contributed by atoms with Gasteiger partial charge in [-0.1, -0.05) is 38.5 Å². The van der Waals surface area contributed by atoms with E-state index in [-0.39, 0.29) is 18.4 Å². The molecule has 0 saturated heterocycles. The monoisotopic (exact) mass is 227 g/mol. The number of rotatable bonds is 3. The summed E-state index contributed by atoms with van der Waals surface area (Å²) in [5.74, 6) is 0.551. The van der Waals surface area contributed by atoms with Gasteiger partial charge in [-0.05, 0) is 36.5 Å². The van der Waals surface area contributed by atoms with E-state index in [0.29, 0.717) is 5.92 Å². The SMILES string of the molecule is CCC(C)[C@H](N)c1c(C)cccc1C.Cl. The summed E-state index contributed by atoms with van der Waals surface area (Å²) in [5, 5.41) is 0. The lowest BCUT2D eigenvalue weighted by Gasteiger charge is -2.22. The van der Waals surface area contributed by atoms with Gasteiger partial charge >= 0.3 is 0 Å². The van der Waals surface area contributed by atoms with Gasteiger partial charge in [0.15, 0.2) is 0 Å². The molecule has 0 radical (unpaired) electrons. The quantitative estimate of drug-likeness (QED) is 0.836. The lowest BCUT2D eigenvalue weighted by Crippen LogP contribution is -2.20. The third-order valence-corrected chi connectivity index (χ3v) is 3.13. The van der Waals surface area contributed by atoms with E-state index in [1.807, 2.05) is 0 Å². The third kappa shape index (κ3) is 3.22. The summed E-state index contributed by atoms with van der Waals surface area (Å²) in [6, 6.07) is 6.56. The second kappa shape index (κ2) is 6.14. The van der Waals surface area contributed by atoms with Crippen LogP contribution in [0, 0.1) is 19.8 Å². The molecule has 2 N–H and O–H groups in total. The Morgan fingerprint density at radius 2 is 1.67 bits per heavy atom. The number of hydrogen-bond acceptors (Lipinski definition) is 1. The Morgan fingerprint density at radius 3 is 2.07 bits per heavy atom. The van der Waals surface area contributed by atoms with Crippen molar-refractivity contribution in [3.8, 4) is 0 Å². The molecule has 2 heteroatoms. The van der Waals surface area contributed by atoms with Crippen LogP contribution in [0.1, 0.15) is 43.0 Å². The molecule has 0 aliphatic rings. The molecular weight excluding hydrogens is 206 g/mol. The van der Waals surface area contributed by atoms with E-state index in [2.05, 4.69) is 45.9 Å². The normalized spacial score (nSPS) is 14.2. The molecule has 0 spiro atoms. The summed E-state index contributed by atoms with van der Waals surface area (Å²) < 4.78 is 0. The van der Waals surface area contributed by atoms with Gasteiger partial charge in [-0.3, -0.25) is 0 Å². The van der Waals surface area contributed by atoms with E-state index in [0.717, 1.165) is 6.42 Å². The zero-order valence-corrected chi connectivity index (χ0v) is 10.9. The van der Waals surface area contributed by atoms with Crippen LogP contribution in [0.2, 0.25) is 0 Å². The van der Waals surface area contributed by atoms with Crippen LogP contribution in [-0.2, 0) is 0 Å². The van der Waals surface area contributed by atoms with Crippen molar-refractivity contribution in [1.82, 2.24) is 0 Å². The van der Waals surface area contributed by atoms with Crippen molar-refractivity contribution in [2.75, 3.05) is 0 Å². The fourth-order valence-electron chi connectivity index (χ4n) is 1.89. The molecule has 1 nitrogen and oxygen atoms in total. The number of aryl methyl sites for hydroxylation is 2. The van der Waals surface area contributed by atoms with Gasteiger partial charge < -0.3 is 5.73 Å². The van der Waals surface area contributed by atoms with Gasteiger partial charge in [0.1, 0.15) is 0 Å². The van der Waals surface area contributed by atoms with Crippen molar-refractivity contribution >= 4 is 12.4 Å². The molecule has 0 bridgehead atoms. The Labute approximate surface area is 99.5 Å². The first-order valence-electron chi connectivity index (χ1n) is 5.39. The van der Waals surface area contributed by atoms with Crippen LogP contribution in [0.25, 0.3) is 0 Å². The molecule has 15 heavy (non-hydrogen) atoms. The largest absolute Gasteiger partial charge is 0.324 e. The fourth-order valence-corrected chi connectivity index (χ4v) is 1.89. The summed E-state index contributed by atoms with van der Waals surface area (Å²) in [6.45, 7) is 8.70. The average molecular weight is 228 g/mol. The van der Waals surface area contributed by atoms with Crippen LogP contribution in [0.3, 0.4) is 0 Å². The molecule has 0 heterocycles. The smallest absolute Gasteiger partial charge is 0.0326 e. The van der Waals surface area contributed by atoms with E-state index in [1.165, 1.54) is 16.7 Å². The van der Waals surface area contributed by atoms with Gasteiger partial charge in [0, 0.05) is 6.04 Å². The first kappa shape index (κ1) is 14.5. The Balaban J connectivity index is 0.00000196. The van der Waals surface area contributed by atoms with Crippen molar-refractivity contribution in [3.05, 3.63) is 34.9 Å². The van der Waals surface area contributed by atoms with Crippen LogP contribution < -0.4 is 5.73 Å². The Kier molecular flexibility index (Phi) is 5.92. The highest BCUT2D eigenvalue weighted by molar-refractivity contribution is 5.85. The molecule has 2 atom stereocenters. The van der Waals surface area contributed by atoms with Gasteiger partial charge in [-0.15, -0.1) is 12.4 Å². The molecule has 1 unspecified atom stereocenters. The molecule has 0 aromatic heterocycles. The molecule has 1 aromatic rings. The first-order chi connectivity index (χ1) is 6.57. The van der Waals surface area contributed by atoms with Crippen LogP contribution in [-0.4, -0.2) is 0 Å². The number of benzene rings is 1. The molecule has 1 aromatic carbocycles. The van der Waals surface area contributed by atoms with Crippen LogP contribution in [0.5, 0.6) is 0 Å². The molecular formula is C13H22ClN. The number of halogens is 1. The maximum absolute atomic E-state index is 6.25. The van der Waals surface area contributed by atoms with Crippen LogP contribution >= 0.6 is 12.4 Å². The maximum Gasteiger partial charge on any atom is 0.0326 e. The summed E-state index contributed by atoms with van der Waals surface area (Å²) in [7, 11) is 0. The minimum Gasteiger partial charge on any atom is -0.324 e. The molecule has 0 saturated carbocycles. The van der Waals surface area contributed by atoms with Gasteiger partial charge in [0.05, 0.1) is 0 Å². The molecule has 86 valence electrons. The summed E-state index contributed by atoms with van der Waals surface area (Å²) in [5.41, 5.74) is 10.2. The molecule has 0 amide bonds. The minimum atomic E-state index is 0. The van der Waals surface area contributed by atoms with E-state index in [4.69, 9.17) is 5.73 Å². The Morgan fingerprint density at radius 1 is 1.20 bits per heavy atom. The minimum absolute atomic E-state index is 0. The highest BCUT2D eigenvalue weighted by Gasteiger charge is 2.16. The standard InChI is InChI=1S/C13H21N.ClH/c1-5-9(2)13(14)12-10(3)7-6-8-11(12)4;/h6-9,13H,5,14H2,1-4H3;1H/t9?,13-;/m0./s1. The lowest BCUT2D eigenvalue weighted by atomic mass is 9.88. The number of hydrogen-bond donors (Lipinski definition) is 1. The zero-order valence-electron chi connectivity index (χ0n) is 10.1. The molecule has 0 fully saturated rings. The van der Waals surface area contributed by atoms with Crippen molar-refractivity contribution in [2.24, 2.45) is 11.7 Å². The number of nitrogens with two attached hydrogens (primary N) is 1. The van der Waals surface area contributed by atoms with Gasteiger partial charge in [-0.25, -0.2) is 0 Å². The highest BCUT2D eigenvalue weighted by atomic mass is 35.5. The highest BCUT2D eigenvalue weighted by Crippen LogP contribution is 2.27. The second-order valence-corrected chi connectivity index (χ2v) is 4.22. The Hall–Kier alpha value is -0.530. The first-order valence-corrected chi connectivity index (χ1v) is 5.39. The summed E-state index contributed by atoms with van der Waals surface area (Å²) in [4.78, 5) is 0. The zero-order chi connectivity index (χ0) is 10.7. The van der Waals surface area contributed by atoms with Crippen molar-refractivity contribution in [1.29, 1.82) is 0 Å². The summed E-state index contributed by atoms with van der Waals surface area (Å²) >= 11 is 0. The Bertz CT molecular complexity index is 289. The van der Waals surface area contributed by atoms with Gasteiger partial charge in [-0.2, -0.15) is 0 Å². The fraction of sp³-hybridized carbons (Fsp3) is 0.538. The topological polar surface area (TPSA) is 26.0 Å². The molecule has 1 rings (SSSR count). The van der Waals surface area contributed by atoms with Crippen molar-refractivity contribution in [3.63, 3.8) is 0 Å². The van der Waals surface area contributed by atoms with Crippen molar-refractivity contribution < 1.29 is 0 Å². The molecule has 0 aliphatic heterocycles.